The molecule has 0 aromatic rings. The van der Waals surface area contributed by atoms with Gasteiger partial charge in [0.05, 0.1) is 0 Å². The third kappa shape index (κ3) is 29.0. The Morgan fingerprint density at radius 1 is 1.33 bits per heavy atom. The first-order valence-corrected chi connectivity index (χ1v) is 7.62. The molecule has 0 heterocycles. The lowest BCUT2D eigenvalue weighted by molar-refractivity contribution is 0.375. The summed E-state index contributed by atoms with van der Waals surface area (Å²) < 4.78 is 9.71. The second-order valence-electron chi connectivity index (χ2n) is 1.86. The van der Waals surface area contributed by atoms with Crippen LogP contribution < -0.4 is 0 Å². The van der Waals surface area contributed by atoms with Crippen LogP contribution in [0.25, 0.3) is 0 Å². The number of rotatable bonds is 2. The molecular weight excluding hydrogens is 164 g/mol. The van der Waals surface area contributed by atoms with Crippen LogP contribution in [0.5, 0.6) is 0 Å². The van der Waals surface area contributed by atoms with Gasteiger partial charge in [0.15, 0.2) is 9.04 Å². The van der Waals surface area contributed by atoms with Gasteiger partial charge < -0.3 is 8.54 Å². The molecule has 0 bridgehead atoms. The van der Waals surface area contributed by atoms with Crippen molar-refractivity contribution in [1.82, 2.24) is 0 Å². The van der Waals surface area contributed by atoms with Gasteiger partial charge in [0.1, 0.15) is 21.0 Å². The standard InChI is InChI=1S/C2H10OSi2.C2H8OSi/c1-5(2)3-4;1-2-3-4/h5H,1-2,4H3;2H2,1,4H3. The van der Waals surface area contributed by atoms with Crippen molar-refractivity contribution in [3.05, 3.63) is 0 Å². The molecule has 0 spiro atoms. The van der Waals surface area contributed by atoms with Crippen LogP contribution in [-0.4, -0.2) is 36.6 Å². The van der Waals surface area contributed by atoms with Crippen molar-refractivity contribution in [1.29, 1.82) is 0 Å². The lowest BCUT2D eigenvalue weighted by Gasteiger charge is -1.93. The molecule has 0 aliphatic rings. The zero-order valence-electron chi connectivity index (χ0n) is 7.10. The van der Waals surface area contributed by atoms with Gasteiger partial charge in [-0.25, -0.2) is 0 Å². The molecule has 9 heavy (non-hydrogen) atoms. The van der Waals surface area contributed by atoms with Crippen LogP contribution >= 0.6 is 0 Å². The van der Waals surface area contributed by atoms with Crippen molar-refractivity contribution < 1.29 is 8.54 Å². The van der Waals surface area contributed by atoms with Crippen LogP contribution in [0.4, 0.5) is 0 Å². The van der Waals surface area contributed by atoms with Gasteiger partial charge in [-0.1, -0.05) is 0 Å². The average molecular weight is 182 g/mol. The summed E-state index contributed by atoms with van der Waals surface area (Å²) in [6.07, 6.45) is 0. The zero-order chi connectivity index (χ0) is 7.70. The summed E-state index contributed by atoms with van der Waals surface area (Å²) in [5.41, 5.74) is 0. The summed E-state index contributed by atoms with van der Waals surface area (Å²) in [4.78, 5) is 0. The van der Waals surface area contributed by atoms with Crippen LogP contribution in [0.1, 0.15) is 6.92 Å². The van der Waals surface area contributed by atoms with E-state index in [9.17, 15) is 0 Å². The van der Waals surface area contributed by atoms with Crippen LogP contribution in [0.2, 0.25) is 13.1 Å². The Morgan fingerprint density at radius 3 is 1.56 bits per heavy atom. The molecule has 0 N–H and O–H groups in total. The third-order valence-electron chi connectivity index (χ3n) is 0.760. The highest BCUT2D eigenvalue weighted by Gasteiger charge is 1.82. The maximum absolute atomic E-state index is 5.03. The minimum atomic E-state index is -0.588. The van der Waals surface area contributed by atoms with E-state index in [1.165, 1.54) is 0 Å². The Labute approximate surface area is 65.8 Å². The second-order valence-corrected chi connectivity index (χ2v) is 6.42. The van der Waals surface area contributed by atoms with Gasteiger partial charge in [0.25, 0.3) is 0 Å². The van der Waals surface area contributed by atoms with Crippen LogP contribution in [0.3, 0.4) is 0 Å². The van der Waals surface area contributed by atoms with E-state index in [1.807, 2.05) is 6.92 Å². The molecule has 58 valence electrons. The molecule has 0 saturated heterocycles. The predicted molar refractivity (Wildman–Crippen MR) is 51.5 cm³/mol. The Bertz CT molecular complexity index is 40.8. The molecule has 0 aromatic heterocycles. The van der Waals surface area contributed by atoms with E-state index >= 15 is 0 Å². The highest BCUT2D eigenvalue weighted by atomic mass is 28.3. The van der Waals surface area contributed by atoms with E-state index < -0.39 is 9.04 Å². The van der Waals surface area contributed by atoms with Crippen molar-refractivity contribution in [3.63, 3.8) is 0 Å². The Hall–Kier alpha value is 0.571. The second kappa shape index (κ2) is 11.4. The number of hydrogen-bond donors (Lipinski definition) is 0. The lowest BCUT2D eigenvalue weighted by Crippen LogP contribution is -2.02. The van der Waals surface area contributed by atoms with Crippen molar-refractivity contribution in [2.45, 2.75) is 20.0 Å². The summed E-state index contributed by atoms with van der Waals surface area (Å²) >= 11 is 0. The molecule has 0 aliphatic heterocycles. The maximum Gasteiger partial charge on any atom is 0.156 e. The summed E-state index contributed by atoms with van der Waals surface area (Å²) in [6.45, 7) is 7.22. The molecule has 0 aliphatic carbocycles. The minimum absolute atomic E-state index is 0.588. The lowest BCUT2D eigenvalue weighted by atomic mass is 10.9. The molecular formula is C4H18O2Si3. The van der Waals surface area contributed by atoms with Crippen LogP contribution in [-0.2, 0) is 8.54 Å². The first-order chi connectivity index (χ1) is 4.18. The van der Waals surface area contributed by atoms with E-state index in [4.69, 9.17) is 4.12 Å². The summed E-state index contributed by atoms with van der Waals surface area (Å²) in [7, 11) is 1.24. The Balaban J connectivity index is 0. The van der Waals surface area contributed by atoms with E-state index in [0.717, 1.165) is 27.6 Å². The SMILES string of the molecule is CCO[SiH3].C[SiH](C)O[SiH3]. The normalized spacial score (nSPS) is 9.33. The fourth-order valence-electron chi connectivity index (χ4n) is 0. The van der Waals surface area contributed by atoms with Crippen LogP contribution in [0.15, 0.2) is 0 Å². The fraction of sp³-hybridized carbons (Fsp3) is 1.00. The van der Waals surface area contributed by atoms with Gasteiger partial charge in [0, 0.05) is 6.61 Å². The van der Waals surface area contributed by atoms with Gasteiger partial charge in [-0.05, 0) is 20.0 Å². The van der Waals surface area contributed by atoms with Gasteiger partial charge in [0.2, 0.25) is 0 Å². The summed E-state index contributed by atoms with van der Waals surface area (Å²) in [6, 6.07) is 0. The van der Waals surface area contributed by atoms with Crippen LogP contribution in [0, 0.1) is 0 Å². The van der Waals surface area contributed by atoms with Gasteiger partial charge in [-0.3, -0.25) is 0 Å². The topological polar surface area (TPSA) is 18.5 Å². The predicted octanol–water partition coefficient (Wildman–Crippen LogP) is -1.43. The van der Waals surface area contributed by atoms with Gasteiger partial charge in [-0.15, -0.1) is 0 Å². The van der Waals surface area contributed by atoms with Gasteiger partial charge >= 0.3 is 0 Å². The molecule has 0 aromatic carbocycles. The summed E-state index contributed by atoms with van der Waals surface area (Å²) in [5.74, 6) is 0. The molecule has 2 nitrogen and oxygen atoms in total. The first-order valence-electron chi connectivity index (χ1n) is 3.20. The van der Waals surface area contributed by atoms with E-state index in [1.54, 1.807) is 0 Å². The largest absolute Gasteiger partial charge is 0.466 e. The molecule has 0 unspecified atom stereocenters. The number of hydrogen-bond acceptors (Lipinski definition) is 2. The minimum Gasteiger partial charge on any atom is -0.466 e. The highest BCUT2D eigenvalue weighted by molar-refractivity contribution is 6.52. The van der Waals surface area contributed by atoms with E-state index in [-0.39, 0.29) is 0 Å². The van der Waals surface area contributed by atoms with E-state index in [0.29, 0.717) is 0 Å². The quantitative estimate of drug-likeness (QED) is 0.488. The fourth-order valence-corrected chi connectivity index (χ4v) is 0. The molecule has 0 saturated carbocycles. The highest BCUT2D eigenvalue weighted by Crippen LogP contribution is 1.72. The smallest absolute Gasteiger partial charge is 0.156 e. The van der Waals surface area contributed by atoms with Gasteiger partial charge in [-0.2, -0.15) is 0 Å². The third-order valence-corrected chi connectivity index (χ3v) is 5.11. The molecule has 0 fully saturated rings. The Kier molecular flexibility index (Phi) is 15.5. The molecule has 0 amide bonds. The van der Waals surface area contributed by atoms with Crippen molar-refractivity contribution in [2.75, 3.05) is 6.61 Å². The van der Waals surface area contributed by atoms with Crippen molar-refractivity contribution >= 4 is 30.0 Å². The monoisotopic (exact) mass is 182 g/mol. The zero-order valence-corrected chi connectivity index (χ0v) is 12.3. The Morgan fingerprint density at radius 2 is 1.56 bits per heavy atom. The van der Waals surface area contributed by atoms with Crippen molar-refractivity contribution in [3.8, 4) is 0 Å². The molecule has 0 radical (unpaired) electrons. The maximum atomic E-state index is 5.03. The summed E-state index contributed by atoms with van der Waals surface area (Å²) in [5, 5.41) is 0. The molecule has 0 atom stereocenters. The molecule has 0 rings (SSSR count). The van der Waals surface area contributed by atoms with E-state index in [2.05, 4.69) is 17.5 Å². The average Bonchev–Trinajstić information content (AvgIpc) is 1.89. The first kappa shape index (κ1) is 12.3. The molecule has 5 heteroatoms. The van der Waals surface area contributed by atoms with Crippen molar-refractivity contribution in [2.24, 2.45) is 0 Å².